The maximum absolute atomic E-state index is 12.7. The van der Waals surface area contributed by atoms with Crippen molar-refractivity contribution in [2.75, 3.05) is 5.32 Å². The van der Waals surface area contributed by atoms with Crippen LogP contribution in [0.5, 0.6) is 0 Å². The Balaban J connectivity index is 2.11. The zero-order chi connectivity index (χ0) is 14.8. The Morgan fingerprint density at radius 2 is 1.85 bits per heavy atom. The van der Waals surface area contributed by atoms with Gasteiger partial charge in [-0.15, -0.1) is 11.3 Å². The number of halogens is 4. The summed E-state index contributed by atoms with van der Waals surface area (Å²) in [7, 11) is 0. The molecule has 0 unspecified atom stereocenters. The molecule has 0 radical (unpaired) electrons. The smallest absolute Gasteiger partial charge is 0.380 e. The molecule has 108 valence electrons. The quantitative estimate of drug-likeness (QED) is 0.733. The first-order chi connectivity index (χ1) is 9.38. The molecule has 0 aliphatic rings. The van der Waals surface area contributed by atoms with Gasteiger partial charge in [0.1, 0.15) is 0 Å². The van der Waals surface area contributed by atoms with Crippen molar-refractivity contribution in [1.82, 2.24) is 0 Å². The van der Waals surface area contributed by atoms with Crippen LogP contribution in [0.1, 0.15) is 22.2 Å². The van der Waals surface area contributed by atoms with Crippen molar-refractivity contribution < 1.29 is 13.2 Å². The zero-order valence-corrected chi connectivity index (χ0v) is 13.1. The van der Waals surface area contributed by atoms with Crippen LogP contribution in [0.25, 0.3) is 0 Å². The predicted molar refractivity (Wildman–Crippen MR) is 80.2 cm³/mol. The highest BCUT2D eigenvalue weighted by Crippen LogP contribution is 2.33. The number of hydrogen-bond acceptors (Lipinski definition) is 2. The lowest BCUT2D eigenvalue weighted by Crippen LogP contribution is -2.06. The van der Waals surface area contributed by atoms with Gasteiger partial charge in [0.05, 0.1) is 5.56 Å². The van der Waals surface area contributed by atoms with E-state index in [9.17, 15) is 13.2 Å². The molecule has 6 heteroatoms. The van der Waals surface area contributed by atoms with E-state index in [-0.39, 0.29) is 0 Å². The number of anilines is 1. The maximum Gasteiger partial charge on any atom is 0.416 e. The normalized spacial score (nSPS) is 11.7. The number of nitrogens with one attached hydrogen (secondary N) is 1. The van der Waals surface area contributed by atoms with E-state index in [1.165, 1.54) is 4.88 Å². The summed E-state index contributed by atoms with van der Waals surface area (Å²) in [6.45, 7) is 2.60. The predicted octanol–water partition coefficient (Wildman–Crippen LogP) is 5.70. The van der Waals surface area contributed by atoms with Gasteiger partial charge in [0.15, 0.2) is 0 Å². The molecule has 0 spiro atoms. The molecule has 2 rings (SSSR count). The lowest BCUT2D eigenvalue weighted by atomic mass is 10.2. The second-order valence-corrected chi connectivity index (χ2v) is 6.47. The molecule has 0 fully saturated rings. The number of aryl methyl sites for hydroxylation is 1. The Hall–Kier alpha value is -1.01. The molecule has 0 atom stereocenters. The van der Waals surface area contributed by atoms with Gasteiger partial charge < -0.3 is 5.32 Å². The number of rotatable bonds is 4. The Morgan fingerprint density at radius 1 is 1.15 bits per heavy atom. The molecule has 1 N–H and O–H groups in total. The molecule has 1 heterocycles. The SMILES string of the molecule is CCc1ccc(CNc2cc(Br)cc(C(F)(F)F)c2)s1. The number of hydrogen-bond donors (Lipinski definition) is 1. The van der Waals surface area contributed by atoms with Gasteiger partial charge in [-0.2, -0.15) is 13.2 Å². The largest absolute Gasteiger partial charge is 0.416 e. The summed E-state index contributed by atoms with van der Waals surface area (Å²) in [6.07, 6.45) is -3.36. The summed E-state index contributed by atoms with van der Waals surface area (Å²) in [5.41, 5.74) is -0.201. The van der Waals surface area contributed by atoms with Crippen molar-refractivity contribution in [1.29, 1.82) is 0 Å². The third-order valence-electron chi connectivity index (χ3n) is 2.76. The summed E-state index contributed by atoms with van der Waals surface area (Å²) in [5, 5.41) is 3.03. The van der Waals surface area contributed by atoms with Gasteiger partial charge in [-0.25, -0.2) is 0 Å². The van der Waals surface area contributed by atoms with E-state index in [1.807, 2.05) is 12.1 Å². The molecule has 0 saturated carbocycles. The number of alkyl halides is 3. The van der Waals surface area contributed by atoms with Crippen molar-refractivity contribution in [3.63, 3.8) is 0 Å². The van der Waals surface area contributed by atoms with E-state index in [0.717, 1.165) is 23.4 Å². The minimum atomic E-state index is -4.33. The first-order valence-corrected chi connectivity index (χ1v) is 7.68. The van der Waals surface area contributed by atoms with Gasteiger partial charge in [-0.05, 0) is 36.8 Å². The summed E-state index contributed by atoms with van der Waals surface area (Å²) in [6, 6.07) is 7.89. The molecule has 0 aliphatic carbocycles. The van der Waals surface area contributed by atoms with Crippen LogP contribution in [-0.2, 0) is 19.1 Å². The molecule has 20 heavy (non-hydrogen) atoms. The topological polar surface area (TPSA) is 12.0 Å². The minimum Gasteiger partial charge on any atom is -0.380 e. The number of benzene rings is 1. The fourth-order valence-corrected chi connectivity index (χ4v) is 3.14. The van der Waals surface area contributed by atoms with E-state index in [2.05, 4.69) is 28.2 Å². The minimum absolute atomic E-state index is 0.412. The highest BCUT2D eigenvalue weighted by Gasteiger charge is 2.31. The van der Waals surface area contributed by atoms with Gasteiger partial charge in [0.2, 0.25) is 0 Å². The first-order valence-electron chi connectivity index (χ1n) is 6.07. The molecule has 1 aromatic heterocycles. The molecular weight excluding hydrogens is 351 g/mol. The molecule has 0 aliphatic heterocycles. The lowest BCUT2D eigenvalue weighted by Gasteiger charge is -2.11. The average molecular weight is 364 g/mol. The van der Waals surface area contributed by atoms with E-state index in [4.69, 9.17) is 0 Å². The molecule has 2 aromatic rings. The highest BCUT2D eigenvalue weighted by atomic mass is 79.9. The van der Waals surface area contributed by atoms with E-state index in [1.54, 1.807) is 17.4 Å². The van der Waals surface area contributed by atoms with Crippen LogP contribution in [0.2, 0.25) is 0 Å². The highest BCUT2D eigenvalue weighted by molar-refractivity contribution is 9.10. The van der Waals surface area contributed by atoms with Gasteiger partial charge in [0.25, 0.3) is 0 Å². The van der Waals surface area contributed by atoms with Crippen molar-refractivity contribution in [2.45, 2.75) is 26.1 Å². The summed E-state index contributed by atoms with van der Waals surface area (Å²) < 4.78 is 38.6. The average Bonchev–Trinajstić information content (AvgIpc) is 2.82. The molecule has 1 aromatic carbocycles. The monoisotopic (exact) mass is 363 g/mol. The molecule has 0 saturated heterocycles. The fourth-order valence-electron chi connectivity index (χ4n) is 1.75. The summed E-state index contributed by atoms with van der Waals surface area (Å²) in [4.78, 5) is 2.38. The van der Waals surface area contributed by atoms with E-state index < -0.39 is 11.7 Å². The van der Waals surface area contributed by atoms with Crippen molar-refractivity contribution in [2.24, 2.45) is 0 Å². The number of thiophene rings is 1. The summed E-state index contributed by atoms with van der Waals surface area (Å²) >= 11 is 4.78. The van der Waals surface area contributed by atoms with E-state index >= 15 is 0 Å². The maximum atomic E-state index is 12.7. The summed E-state index contributed by atoms with van der Waals surface area (Å²) in [5.74, 6) is 0. The Bertz CT molecular complexity index is 592. The van der Waals surface area contributed by atoms with Crippen LogP contribution in [0.3, 0.4) is 0 Å². The second-order valence-electron chi connectivity index (χ2n) is 4.30. The van der Waals surface area contributed by atoms with Crippen LogP contribution < -0.4 is 5.32 Å². The van der Waals surface area contributed by atoms with E-state index in [0.29, 0.717) is 16.7 Å². The zero-order valence-electron chi connectivity index (χ0n) is 10.7. The van der Waals surface area contributed by atoms with Crippen LogP contribution in [0.15, 0.2) is 34.8 Å². The van der Waals surface area contributed by atoms with Gasteiger partial charge in [0, 0.05) is 26.5 Å². The second kappa shape index (κ2) is 6.18. The van der Waals surface area contributed by atoms with Crippen LogP contribution in [0, 0.1) is 0 Å². The fraction of sp³-hybridized carbons (Fsp3) is 0.286. The Morgan fingerprint density at radius 3 is 2.45 bits per heavy atom. The molecular formula is C14H13BrF3NS. The Labute approximate surface area is 128 Å². The van der Waals surface area contributed by atoms with Crippen molar-refractivity contribution in [3.8, 4) is 0 Å². The molecule has 0 amide bonds. The third-order valence-corrected chi connectivity index (χ3v) is 4.45. The van der Waals surface area contributed by atoms with Gasteiger partial charge in [-0.1, -0.05) is 22.9 Å². The van der Waals surface area contributed by atoms with Crippen LogP contribution in [0.4, 0.5) is 18.9 Å². The van der Waals surface area contributed by atoms with Crippen molar-refractivity contribution >= 4 is 33.0 Å². The van der Waals surface area contributed by atoms with Gasteiger partial charge >= 0.3 is 6.18 Å². The van der Waals surface area contributed by atoms with Crippen LogP contribution >= 0.6 is 27.3 Å². The lowest BCUT2D eigenvalue weighted by molar-refractivity contribution is -0.137. The third kappa shape index (κ3) is 3.99. The van der Waals surface area contributed by atoms with Crippen LogP contribution in [-0.4, -0.2) is 0 Å². The van der Waals surface area contributed by atoms with Gasteiger partial charge in [-0.3, -0.25) is 0 Å². The van der Waals surface area contributed by atoms with Crippen molar-refractivity contribution in [3.05, 3.63) is 50.1 Å². The first kappa shape index (κ1) is 15.4. The Kier molecular flexibility index (Phi) is 4.75. The standard InChI is InChI=1S/C14H13BrF3NS/c1-2-12-3-4-13(20-12)8-19-11-6-9(14(16,17)18)5-10(15)7-11/h3-7,19H,2,8H2,1H3. The molecule has 1 nitrogen and oxygen atoms in total. The molecule has 0 bridgehead atoms.